The van der Waals surface area contributed by atoms with Crippen LogP contribution in [0.1, 0.15) is 25.5 Å². The first-order valence-electron chi connectivity index (χ1n) is 7.22. The average molecular weight is 278 g/mol. The summed E-state index contributed by atoms with van der Waals surface area (Å²) in [6, 6.07) is 6.53. The van der Waals surface area contributed by atoms with Crippen molar-refractivity contribution in [2.24, 2.45) is 5.92 Å². The summed E-state index contributed by atoms with van der Waals surface area (Å²) < 4.78 is 5.41. The Bertz CT molecular complexity index is 460. The van der Waals surface area contributed by atoms with Crippen LogP contribution in [0.4, 0.5) is 5.69 Å². The van der Waals surface area contributed by atoms with Gasteiger partial charge in [-0.1, -0.05) is 13.0 Å². The molecule has 3 atom stereocenters. The van der Waals surface area contributed by atoms with Gasteiger partial charge in [-0.3, -0.25) is 0 Å². The first kappa shape index (κ1) is 15.1. The molecule has 1 N–H and O–H groups in total. The van der Waals surface area contributed by atoms with Gasteiger partial charge >= 0.3 is 0 Å². The third kappa shape index (κ3) is 2.76. The molecule has 0 spiro atoms. The number of ether oxygens (including phenoxy) is 1. The Balaban J connectivity index is 2.34. The van der Waals surface area contributed by atoms with Gasteiger partial charge in [-0.15, -0.1) is 0 Å². The smallest absolute Gasteiger partial charge is 0.126 e. The zero-order chi connectivity index (χ0) is 14.9. The van der Waals surface area contributed by atoms with Gasteiger partial charge in [0.25, 0.3) is 0 Å². The zero-order valence-corrected chi connectivity index (χ0v) is 13.1. The van der Waals surface area contributed by atoms with Crippen molar-refractivity contribution in [1.82, 2.24) is 4.90 Å². The van der Waals surface area contributed by atoms with E-state index in [1.165, 1.54) is 0 Å². The molecule has 1 aliphatic heterocycles. The lowest BCUT2D eigenvalue weighted by atomic mass is 10.1. The molecule has 112 valence electrons. The lowest BCUT2D eigenvalue weighted by Crippen LogP contribution is -2.34. The normalized spacial score (nSPS) is 24.2. The van der Waals surface area contributed by atoms with Crippen molar-refractivity contribution in [3.63, 3.8) is 0 Å². The number of aliphatic hydroxyl groups excluding tert-OH is 1. The Morgan fingerprint density at radius 2 is 2.05 bits per heavy atom. The molecular weight excluding hydrogens is 252 g/mol. The van der Waals surface area contributed by atoms with E-state index in [1.807, 2.05) is 12.1 Å². The molecule has 0 bridgehead atoms. The maximum atomic E-state index is 10.1. The largest absolute Gasteiger partial charge is 0.496 e. The van der Waals surface area contributed by atoms with Crippen molar-refractivity contribution in [1.29, 1.82) is 0 Å². The number of anilines is 1. The van der Waals surface area contributed by atoms with Crippen molar-refractivity contribution in [3.8, 4) is 5.75 Å². The lowest BCUT2D eigenvalue weighted by Gasteiger charge is -2.26. The predicted molar refractivity (Wildman–Crippen MR) is 82.5 cm³/mol. The summed E-state index contributed by atoms with van der Waals surface area (Å²) in [5.74, 6) is 1.37. The Morgan fingerprint density at radius 3 is 2.55 bits per heavy atom. The van der Waals surface area contributed by atoms with Gasteiger partial charge in [0.2, 0.25) is 0 Å². The van der Waals surface area contributed by atoms with Gasteiger partial charge in [0.1, 0.15) is 5.75 Å². The molecule has 2 rings (SSSR count). The number of hydrogen-bond acceptors (Lipinski definition) is 4. The highest BCUT2D eigenvalue weighted by Gasteiger charge is 2.32. The van der Waals surface area contributed by atoms with Crippen LogP contribution in [0.5, 0.6) is 5.75 Å². The summed E-state index contributed by atoms with van der Waals surface area (Å²) >= 11 is 0. The quantitative estimate of drug-likeness (QED) is 0.915. The van der Waals surface area contributed by atoms with Crippen molar-refractivity contribution in [2.75, 3.05) is 39.2 Å². The first-order chi connectivity index (χ1) is 9.45. The second kappa shape index (κ2) is 6.02. The Morgan fingerprint density at radius 1 is 1.35 bits per heavy atom. The van der Waals surface area contributed by atoms with Crippen LogP contribution in [0.3, 0.4) is 0 Å². The van der Waals surface area contributed by atoms with Gasteiger partial charge in [0, 0.05) is 30.4 Å². The molecule has 0 aromatic heterocycles. The molecular formula is C16H26N2O2. The number of likely N-dealkylation sites (N-methyl/N-ethyl adjacent to an activating group) is 1. The van der Waals surface area contributed by atoms with Crippen LogP contribution in [-0.4, -0.2) is 50.3 Å². The molecule has 1 aromatic rings. The summed E-state index contributed by atoms with van der Waals surface area (Å²) in [5, 5.41) is 10.1. The number of aliphatic hydroxyl groups is 1. The van der Waals surface area contributed by atoms with E-state index in [4.69, 9.17) is 4.74 Å². The van der Waals surface area contributed by atoms with E-state index in [9.17, 15) is 5.11 Å². The maximum Gasteiger partial charge on any atom is 0.126 e. The highest BCUT2D eigenvalue weighted by atomic mass is 16.5. The van der Waals surface area contributed by atoms with Crippen molar-refractivity contribution >= 4 is 5.69 Å². The van der Waals surface area contributed by atoms with Gasteiger partial charge in [0.05, 0.1) is 13.2 Å². The minimum Gasteiger partial charge on any atom is -0.496 e. The van der Waals surface area contributed by atoms with Gasteiger partial charge in [-0.2, -0.15) is 0 Å². The fourth-order valence-corrected chi connectivity index (χ4v) is 3.22. The van der Waals surface area contributed by atoms with Gasteiger partial charge in [-0.05, 0) is 39.1 Å². The predicted octanol–water partition coefficient (Wildman–Crippen LogP) is 2.13. The minimum atomic E-state index is -0.533. The van der Waals surface area contributed by atoms with Crippen LogP contribution in [0, 0.1) is 5.92 Å². The summed E-state index contributed by atoms with van der Waals surface area (Å²) in [5.41, 5.74) is 1.98. The molecule has 0 radical (unpaired) electrons. The van der Waals surface area contributed by atoms with E-state index in [2.05, 4.69) is 36.9 Å². The topological polar surface area (TPSA) is 35.9 Å². The second-order valence-corrected chi connectivity index (χ2v) is 5.98. The molecule has 1 heterocycles. The standard InChI is InChI=1S/C16H26N2O2/c1-11-9-18(10-14(11)17(3)4)13-7-6-8-15(20-5)16(13)12(2)19/h6-8,11-12,14,19H,9-10H2,1-5H3. The van der Waals surface area contributed by atoms with Crippen LogP contribution in [0.25, 0.3) is 0 Å². The monoisotopic (exact) mass is 278 g/mol. The van der Waals surface area contributed by atoms with Gasteiger partial charge < -0.3 is 19.6 Å². The van der Waals surface area contributed by atoms with Crippen molar-refractivity contribution < 1.29 is 9.84 Å². The Kier molecular flexibility index (Phi) is 4.55. The first-order valence-corrected chi connectivity index (χ1v) is 7.22. The molecule has 4 nitrogen and oxygen atoms in total. The van der Waals surface area contributed by atoms with Crippen molar-refractivity contribution in [2.45, 2.75) is 26.0 Å². The maximum absolute atomic E-state index is 10.1. The number of methoxy groups -OCH3 is 1. The molecule has 1 aliphatic rings. The number of rotatable bonds is 4. The van der Waals surface area contributed by atoms with E-state index >= 15 is 0 Å². The highest BCUT2D eigenvalue weighted by molar-refractivity contribution is 5.61. The van der Waals surface area contributed by atoms with E-state index in [0.717, 1.165) is 30.1 Å². The second-order valence-electron chi connectivity index (χ2n) is 5.98. The van der Waals surface area contributed by atoms with Crippen LogP contribution >= 0.6 is 0 Å². The molecule has 0 aliphatic carbocycles. The highest BCUT2D eigenvalue weighted by Crippen LogP contribution is 2.37. The van der Waals surface area contributed by atoms with E-state index in [1.54, 1.807) is 14.0 Å². The van der Waals surface area contributed by atoms with E-state index in [-0.39, 0.29) is 0 Å². The molecule has 20 heavy (non-hydrogen) atoms. The van der Waals surface area contributed by atoms with Crippen molar-refractivity contribution in [3.05, 3.63) is 23.8 Å². The van der Waals surface area contributed by atoms with Gasteiger partial charge in [0.15, 0.2) is 0 Å². The molecule has 1 fully saturated rings. The van der Waals surface area contributed by atoms with Crippen LogP contribution in [0.15, 0.2) is 18.2 Å². The Labute approximate surface area is 122 Å². The summed E-state index contributed by atoms with van der Waals surface area (Å²) in [6.45, 7) is 6.08. The fraction of sp³-hybridized carbons (Fsp3) is 0.625. The number of benzene rings is 1. The van der Waals surface area contributed by atoms with Gasteiger partial charge in [-0.25, -0.2) is 0 Å². The van der Waals surface area contributed by atoms with E-state index in [0.29, 0.717) is 12.0 Å². The SMILES string of the molecule is COc1cccc(N2CC(C)C(N(C)C)C2)c1C(C)O. The third-order valence-electron chi connectivity index (χ3n) is 4.26. The summed E-state index contributed by atoms with van der Waals surface area (Å²) in [7, 11) is 5.91. The van der Waals surface area contributed by atoms with E-state index < -0.39 is 6.10 Å². The zero-order valence-electron chi connectivity index (χ0n) is 13.1. The molecule has 0 saturated carbocycles. The summed E-state index contributed by atoms with van der Waals surface area (Å²) in [4.78, 5) is 4.65. The molecule has 4 heteroatoms. The van der Waals surface area contributed by atoms with Crippen LogP contribution < -0.4 is 9.64 Å². The molecule has 0 amide bonds. The average Bonchev–Trinajstić information content (AvgIpc) is 2.79. The molecule has 3 unspecified atom stereocenters. The number of hydrogen-bond donors (Lipinski definition) is 1. The Hall–Kier alpha value is -1.26. The number of nitrogens with zero attached hydrogens (tertiary/aromatic N) is 2. The molecule has 1 saturated heterocycles. The van der Waals surface area contributed by atoms with Crippen LogP contribution in [0.2, 0.25) is 0 Å². The fourth-order valence-electron chi connectivity index (χ4n) is 3.22. The summed E-state index contributed by atoms with van der Waals surface area (Å²) in [6.07, 6.45) is -0.533. The minimum absolute atomic E-state index is 0.533. The third-order valence-corrected chi connectivity index (χ3v) is 4.26. The van der Waals surface area contributed by atoms with Crippen LogP contribution in [-0.2, 0) is 0 Å². The lowest BCUT2D eigenvalue weighted by molar-refractivity contribution is 0.194. The molecule has 1 aromatic carbocycles.